The predicted octanol–water partition coefficient (Wildman–Crippen LogP) is 2.56. The van der Waals surface area contributed by atoms with Crippen molar-refractivity contribution in [3.05, 3.63) is 71.0 Å². The van der Waals surface area contributed by atoms with E-state index in [9.17, 15) is 9.59 Å². The number of anilines is 1. The van der Waals surface area contributed by atoms with Crippen LogP contribution in [0.4, 0.5) is 5.69 Å². The maximum atomic E-state index is 12.2. The van der Waals surface area contributed by atoms with Crippen molar-refractivity contribution in [1.29, 1.82) is 0 Å². The van der Waals surface area contributed by atoms with Crippen LogP contribution in [0.25, 0.3) is 5.69 Å². The van der Waals surface area contributed by atoms with Gasteiger partial charge in [0.2, 0.25) is 5.91 Å². The van der Waals surface area contributed by atoms with Gasteiger partial charge in [0.05, 0.1) is 18.4 Å². The number of para-hydroxylation sites is 1. The molecular formula is C20H21N5O2. The van der Waals surface area contributed by atoms with Crippen LogP contribution >= 0.6 is 0 Å². The molecular weight excluding hydrogens is 342 g/mol. The molecule has 0 fully saturated rings. The highest BCUT2D eigenvalue weighted by atomic mass is 16.2. The fourth-order valence-electron chi connectivity index (χ4n) is 2.89. The van der Waals surface area contributed by atoms with E-state index in [2.05, 4.69) is 20.9 Å². The normalized spacial score (nSPS) is 10.5. The van der Waals surface area contributed by atoms with E-state index in [0.29, 0.717) is 0 Å². The van der Waals surface area contributed by atoms with E-state index in [1.165, 1.54) is 10.9 Å². The molecule has 0 bridgehead atoms. The third-order valence-corrected chi connectivity index (χ3v) is 4.10. The Hall–Kier alpha value is -3.48. The first-order chi connectivity index (χ1) is 12.9. The van der Waals surface area contributed by atoms with Crippen molar-refractivity contribution < 1.29 is 9.59 Å². The number of carbonyl (C=O) groups excluding carboxylic acids is 2. The molecule has 0 atom stereocenters. The summed E-state index contributed by atoms with van der Waals surface area (Å²) in [6.45, 7) is 5.74. The number of hydrogen-bond acceptors (Lipinski definition) is 4. The monoisotopic (exact) mass is 363 g/mol. The Kier molecular flexibility index (Phi) is 5.30. The lowest BCUT2D eigenvalue weighted by molar-refractivity contribution is -0.115. The molecule has 3 rings (SSSR count). The Morgan fingerprint density at radius 1 is 1.04 bits per heavy atom. The summed E-state index contributed by atoms with van der Waals surface area (Å²) in [4.78, 5) is 24.4. The van der Waals surface area contributed by atoms with Crippen LogP contribution in [0.5, 0.6) is 0 Å². The number of aryl methyl sites for hydroxylation is 3. The van der Waals surface area contributed by atoms with Gasteiger partial charge in [-0.3, -0.25) is 9.59 Å². The molecule has 0 aliphatic rings. The molecule has 0 aliphatic heterocycles. The molecule has 0 spiro atoms. The second-order valence-electron chi connectivity index (χ2n) is 6.39. The zero-order valence-corrected chi connectivity index (χ0v) is 15.5. The fraction of sp³-hybridized carbons (Fsp3) is 0.200. The predicted molar refractivity (Wildman–Crippen MR) is 103 cm³/mol. The standard InChI is InChI=1S/C20H21N5O2/c1-13-9-14(2)19(15(3)10-13)22-18(26)11-21-20(27)17-12-25(24-23-17)16-7-5-4-6-8-16/h4-10,12H,11H2,1-3H3,(H,21,27)(H,22,26). The van der Waals surface area contributed by atoms with Gasteiger partial charge in [0.15, 0.2) is 5.69 Å². The largest absolute Gasteiger partial charge is 0.342 e. The van der Waals surface area contributed by atoms with Gasteiger partial charge in [0, 0.05) is 5.69 Å². The summed E-state index contributed by atoms with van der Waals surface area (Å²) in [7, 11) is 0. The molecule has 2 N–H and O–H groups in total. The lowest BCUT2D eigenvalue weighted by Crippen LogP contribution is -2.33. The van der Waals surface area contributed by atoms with E-state index in [1.54, 1.807) is 0 Å². The minimum atomic E-state index is -0.454. The van der Waals surface area contributed by atoms with Crippen molar-refractivity contribution in [3.63, 3.8) is 0 Å². The molecule has 3 aromatic rings. The summed E-state index contributed by atoms with van der Waals surface area (Å²) in [5, 5.41) is 13.2. The van der Waals surface area contributed by atoms with E-state index in [0.717, 1.165) is 28.1 Å². The second kappa shape index (κ2) is 7.82. The van der Waals surface area contributed by atoms with Gasteiger partial charge in [0.25, 0.3) is 5.91 Å². The molecule has 0 saturated carbocycles. The summed E-state index contributed by atoms with van der Waals surface area (Å²) in [6, 6.07) is 13.4. The molecule has 7 nitrogen and oxygen atoms in total. The average Bonchev–Trinajstić information content (AvgIpc) is 3.14. The molecule has 0 saturated heterocycles. The van der Waals surface area contributed by atoms with Crippen LogP contribution in [0.3, 0.4) is 0 Å². The third kappa shape index (κ3) is 4.38. The Balaban J connectivity index is 1.60. The quantitative estimate of drug-likeness (QED) is 0.729. The molecule has 0 radical (unpaired) electrons. The zero-order valence-electron chi connectivity index (χ0n) is 15.5. The minimum Gasteiger partial charge on any atom is -0.342 e. The van der Waals surface area contributed by atoms with Crippen molar-refractivity contribution in [2.24, 2.45) is 0 Å². The van der Waals surface area contributed by atoms with Crippen LogP contribution in [0.15, 0.2) is 48.7 Å². The highest BCUT2D eigenvalue weighted by Gasteiger charge is 2.14. The molecule has 1 aromatic heterocycles. The Labute approximate surface area is 157 Å². The lowest BCUT2D eigenvalue weighted by Gasteiger charge is -2.13. The Morgan fingerprint density at radius 3 is 2.37 bits per heavy atom. The van der Waals surface area contributed by atoms with Crippen LogP contribution in [-0.2, 0) is 4.79 Å². The second-order valence-corrected chi connectivity index (χ2v) is 6.39. The van der Waals surface area contributed by atoms with E-state index in [4.69, 9.17) is 0 Å². The number of carbonyl (C=O) groups is 2. The van der Waals surface area contributed by atoms with Crippen molar-refractivity contribution in [3.8, 4) is 5.69 Å². The number of amides is 2. The molecule has 27 heavy (non-hydrogen) atoms. The summed E-state index contributed by atoms with van der Waals surface area (Å²) in [6.07, 6.45) is 1.52. The van der Waals surface area contributed by atoms with Crippen molar-refractivity contribution in [2.75, 3.05) is 11.9 Å². The topological polar surface area (TPSA) is 88.9 Å². The van der Waals surface area contributed by atoms with Crippen molar-refractivity contribution >= 4 is 17.5 Å². The van der Waals surface area contributed by atoms with E-state index in [-0.39, 0.29) is 18.1 Å². The van der Waals surface area contributed by atoms with Crippen LogP contribution in [0.1, 0.15) is 27.2 Å². The minimum absolute atomic E-state index is 0.148. The molecule has 2 aromatic carbocycles. The van der Waals surface area contributed by atoms with Crippen molar-refractivity contribution in [2.45, 2.75) is 20.8 Å². The Bertz CT molecular complexity index is 956. The van der Waals surface area contributed by atoms with Gasteiger partial charge in [0.1, 0.15) is 0 Å². The number of nitrogens with zero attached hydrogens (tertiary/aromatic N) is 3. The molecule has 2 amide bonds. The average molecular weight is 363 g/mol. The van der Waals surface area contributed by atoms with Gasteiger partial charge in [-0.2, -0.15) is 0 Å². The van der Waals surface area contributed by atoms with Crippen LogP contribution in [0.2, 0.25) is 0 Å². The first-order valence-corrected chi connectivity index (χ1v) is 8.57. The van der Waals surface area contributed by atoms with Crippen molar-refractivity contribution in [1.82, 2.24) is 20.3 Å². The Morgan fingerprint density at radius 2 is 1.70 bits per heavy atom. The smallest absolute Gasteiger partial charge is 0.273 e. The summed E-state index contributed by atoms with van der Waals surface area (Å²) < 4.78 is 1.51. The van der Waals surface area contributed by atoms with Gasteiger partial charge in [-0.25, -0.2) is 4.68 Å². The summed E-state index contributed by atoms with van der Waals surface area (Å²) >= 11 is 0. The van der Waals surface area contributed by atoms with Gasteiger partial charge in [-0.1, -0.05) is 41.1 Å². The third-order valence-electron chi connectivity index (χ3n) is 4.10. The molecule has 1 heterocycles. The number of aromatic nitrogens is 3. The maximum absolute atomic E-state index is 12.2. The molecule has 138 valence electrons. The van der Waals surface area contributed by atoms with Gasteiger partial charge in [-0.05, 0) is 44.0 Å². The number of rotatable bonds is 5. The summed E-state index contributed by atoms with van der Waals surface area (Å²) in [5.41, 5.74) is 4.82. The number of hydrogen-bond donors (Lipinski definition) is 2. The van der Waals surface area contributed by atoms with E-state index in [1.807, 2.05) is 63.2 Å². The van der Waals surface area contributed by atoms with E-state index < -0.39 is 5.91 Å². The highest BCUT2D eigenvalue weighted by molar-refractivity contribution is 5.98. The van der Waals surface area contributed by atoms with E-state index >= 15 is 0 Å². The molecule has 7 heteroatoms. The van der Waals surface area contributed by atoms with Crippen LogP contribution in [0, 0.1) is 20.8 Å². The molecule has 0 aliphatic carbocycles. The van der Waals surface area contributed by atoms with Gasteiger partial charge >= 0.3 is 0 Å². The number of nitrogens with one attached hydrogen (secondary N) is 2. The molecule has 0 unspecified atom stereocenters. The van der Waals surface area contributed by atoms with Crippen LogP contribution < -0.4 is 10.6 Å². The zero-order chi connectivity index (χ0) is 19.4. The highest BCUT2D eigenvalue weighted by Crippen LogP contribution is 2.21. The number of benzene rings is 2. The van der Waals surface area contributed by atoms with Gasteiger partial charge < -0.3 is 10.6 Å². The summed E-state index contributed by atoms with van der Waals surface area (Å²) in [5.74, 6) is -0.751. The van der Waals surface area contributed by atoms with Gasteiger partial charge in [-0.15, -0.1) is 5.10 Å². The SMILES string of the molecule is Cc1cc(C)c(NC(=O)CNC(=O)c2cn(-c3ccccc3)nn2)c(C)c1. The maximum Gasteiger partial charge on any atom is 0.273 e. The fourth-order valence-corrected chi connectivity index (χ4v) is 2.89. The first-order valence-electron chi connectivity index (χ1n) is 8.57. The first kappa shape index (κ1) is 18.3. The van der Waals surface area contributed by atoms with Crippen LogP contribution in [-0.4, -0.2) is 33.4 Å². The lowest BCUT2D eigenvalue weighted by atomic mass is 10.1.